The Balaban J connectivity index is 1.65. The summed E-state index contributed by atoms with van der Waals surface area (Å²) >= 11 is 0. The first kappa shape index (κ1) is 31.5. The molecule has 0 radical (unpaired) electrons. The summed E-state index contributed by atoms with van der Waals surface area (Å²) in [5.41, 5.74) is 1.82. The van der Waals surface area contributed by atoms with E-state index in [1.165, 1.54) is 0 Å². The van der Waals surface area contributed by atoms with Crippen molar-refractivity contribution in [3.05, 3.63) is 107 Å². The van der Waals surface area contributed by atoms with E-state index in [1.54, 1.807) is 12.0 Å². The molecule has 1 fully saturated rings. The van der Waals surface area contributed by atoms with Gasteiger partial charge >= 0.3 is 6.09 Å². The number of ether oxygens (including phenoxy) is 2. The van der Waals surface area contributed by atoms with Crippen LogP contribution < -0.4 is 4.74 Å². The molecule has 0 saturated carbocycles. The molecule has 7 heteroatoms. The minimum atomic E-state index is -1.31. The number of benzene rings is 3. The maximum absolute atomic E-state index is 13.2. The van der Waals surface area contributed by atoms with Crippen LogP contribution in [0.15, 0.2) is 85.1 Å². The van der Waals surface area contributed by atoms with Crippen LogP contribution in [-0.2, 0) is 10.3 Å². The van der Waals surface area contributed by atoms with Gasteiger partial charge < -0.3 is 24.4 Å². The molecule has 1 aromatic heterocycles. The number of likely N-dealkylation sites (tertiary alicyclic amines) is 1. The molecular weight excluding hydrogens is 550 g/mol. The second-order valence-electron chi connectivity index (χ2n) is 13.1. The molecule has 0 spiro atoms. The Kier molecular flexibility index (Phi) is 9.28. The Bertz CT molecular complexity index is 1580. The minimum Gasteiger partial charge on any atom is -0.481 e. The molecule has 5 rings (SSSR count). The quantitative estimate of drug-likeness (QED) is 0.226. The smallest absolute Gasteiger partial charge is 0.410 e. The monoisotopic (exact) mass is 595 g/mol. The van der Waals surface area contributed by atoms with Crippen LogP contribution in [0.3, 0.4) is 0 Å². The van der Waals surface area contributed by atoms with Gasteiger partial charge in [-0.1, -0.05) is 72.8 Å². The van der Waals surface area contributed by atoms with E-state index < -0.39 is 17.1 Å². The SMILES string of the molecule is COc1ncc(C2CCN(C(=O)OC(C)(C)C)C2)cc1C(c1ccccc1)C(O)(CCN(C)C)c1cccc2ccccc12. The van der Waals surface area contributed by atoms with Crippen molar-refractivity contribution >= 4 is 16.9 Å². The Morgan fingerprint density at radius 2 is 1.75 bits per heavy atom. The first-order valence-electron chi connectivity index (χ1n) is 15.4. The maximum Gasteiger partial charge on any atom is 0.410 e. The number of pyridine rings is 1. The third-order valence-electron chi connectivity index (χ3n) is 8.52. The highest BCUT2D eigenvalue weighted by molar-refractivity contribution is 5.86. The van der Waals surface area contributed by atoms with Crippen molar-refractivity contribution in [1.29, 1.82) is 0 Å². The molecule has 0 bridgehead atoms. The highest BCUT2D eigenvalue weighted by Gasteiger charge is 2.43. The van der Waals surface area contributed by atoms with Gasteiger partial charge in [0.15, 0.2) is 0 Å². The van der Waals surface area contributed by atoms with Gasteiger partial charge in [0.25, 0.3) is 0 Å². The van der Waals surface area contributed by atoms with Crippen molar-refractivity contribution in [3.63, 3.8) is 0 Å². The molecule has 232 valence electrons. The summed E-state index contributed by atoms with van der Waals surface area (Å²) in [4.78, 5) is 21.5. The maximum atomic E-state index is 13.2. The lowest BCUT2D eigenvalue weighted by Gasteiger charge is -2.39. The molecule has 1 aliphatic rings. The number of fused-ring (bicyclic) bond motifs is 1. The van der Waals surface area contributed by atoms with Crippen LogP contribution in [0.25, 0.3) is 10.8 Å². The molecule has 3 unspecified atom stereocenters. The van der Waals surface area contributed by atoms with Gasteiger partial charge in [0, 0.05) is 43.2 Å². The topological polar surface area (TPSA) is 75.1 Å². The van der Waals surface area contributed by atoms with Gasteiger partial charge in [-0.3, -0.25) is 0 Å². The van der Waals surface area contributed by atoms with Gasteiger partial charge in [0.1, 0.15) is 11.2 Å². The highest BCUT2D eigenvalue weighted by Crippen LogP contribution is 2.49. The van der Waals surface area contributed by atoms with Crippen LogP contribution in [-0.4, -0.2) is 72.4 Å². The average Bonchev–Trinajstić information content (AvgIpc) is 3.50. The van der Waals surface area contributed by atoms with Crippen molar-refractivity contribution in [3.8, 4) is 5.88 Å². The lowest BCUT2D eigenvalue weighted by Crippen LogP contribution is -2.38. The molecule has 1 saturated heterocycles. The molecule has 3 atom stereocenters. The molecule has 1 N–H and O–H groups in total. The van der Waals surface area contributed by atoms with E-state index in [1.807, 2.05) is 83.5 Å². The van der Waals surface area contributed by atoms with Crippen LogP contribution in [0.4, 0.5) is 4.79 Å². The first-order valence-corrected chi connectivity index (χ1v) is 15.4. The van der Waals surface area contributed by atoms with Gasteiger partial charge in [-0.15, -0.1) is 0 Å². The van der Waals surface area contributed by atoms with Crippen LogP contribution in [0.5, 0.6) is 5.88 Å². The molecule has 2 heterocycles. The Morgan fingerprint density at radius 3 is 2.45 bits per heavy atom. The molecule has 44 heavy (non-hydrogen) atoms. The average molecular weight is 596 g/mol. The fourth-order valence-electron chi connectivity index (χ4n) is 6.40. The van der Waals surface area contributed by atoms with Crippen LogP contribution in [0.2, 0.25) is 0 Å². The number of rotatable bonds is 9. The summed E-state index contributed by atoms with van der Waals surface area (Å²) in [7, 11) is 5.69. The number of amides is 1. The Hall–Kier alpha value is -3.94. The Labute approximate surface area is 261 Å². The number of hydrogen-bond donors (Lipinski definition) is 1. The molecular formula is C37H45N3O4. The van der Waals surface area contributed by atoms with Gasteiger partial charge in [-0.05, 0) is 81.2 Å². The molecule has 7 nitrogen and oxygen atoms in total. The number of methoxy groups -OCH3 is 1. The van der Waals surface area contributed by atoms with E-state index in [2.05, 4.69) is 41.3 Å². The minimum absolute atomic E-state index is 0.0866. The van der Waals surface area contributed by atoms with Gasteiger partial charge in [-0.2, -0.15) is 0 Å². The largest absolute Gasteiger partial charge is 0.481 e. The highest BCUT2D eigenvalue weighted by atomic mass is 16.6. The summed E-state index contributed by atoms with van der Waals surface area (Å²) in [6.45, 7) is 7.49. The lowest BCUT2D eigenvalue weighted by atomic mass is 9.70. The Morgan fingerprint density at radius 1 is 1.05 bits per heavy atom. The van der Waals surface area contributed by atoms with Gasteiger partial charge in [-0.25, -0.2) is 9.78 Å². The third kappa shape index (κ3) is 6.74. The van der Waals surface area contributed by atoms with E-state index in [4.69, 9.17) is 14.5 Å². The summed E-state index contributed by atoms with van der Waals surface area (Å²) in [5.74, 6) is 0.0804. The van der Waals surface area contributed by atoms with Crippen LogP contribution in [0.1, 0.15) is 67.7 Å². The number of aromatic nitrogens is 1. The fourth-order valence-corrected chi connectivity index (χ4v) is 6.40. The standard InChI is InChI=1S/C37H45N3O4/c1-36(2,3)44-35(41)40-21-19-28(25-40)29-23-31(34(43-6)38-24-29)33(27-14-8-7-9-15-27)37(42,20-22-39(4)5)32-18-12-16-26-13-10-11-17-30(26)32/h7-18,23-24,28,33,42H,19-22,25H2,1-6H3. The number of nitrogens with zero attached hydrogens (tertiary/aromatic N) is 3. The number of carbonyl (C=O) groups is 1. The van der Waals surface area contributed by atoms with Crippen LogP contribution in [0, 0.1) is 0 Å². The van der Waals surface area contributed by atoms with E-state index >= 15 is 0 Å². The number of aliphatic hydroxyl groups is 1. The van der Waals surface area contributed by atoms with Crippen LogP contribution >= 0.6 is 0 Å². The van der Waals surface area contributed by atoms with Crippen molar-refractivity contribution < 1.29 is 19.4 Å². The van der Waals surface area contributed by atoms with E-state index in [0.29, 0.717) is 31.9 Å². The number of hydrogen-bond acceptors (Lipinski definition) is 6. The number of carbonyl (C=O) groups excluding carboxylic acids is 1. The zero-order chi connectivity index (χ0) is 31.5. The molecule has 3 aromatic carbocycles. The summed E-state index contributed by atoms with van der Waals surface area (Å²) in [6, 6.07) is 26.7. The summed E-state index contributed by atoms with van der Waals surface area (Å²) in [6.07, 6.45) is 2.84. The fraction of sp³-hybridized carbons (Fsp3) is 0.405. The predicted molar refractivity (Wildman–Crippen MR) is 175 cm³/mol. The lowest BCUT2D eigenvalue weighted by molar-refractivity contribution is 0.00512. The summed E-state index contributed by atoms with van der Waals surface area (Å²) < 4.78 is 11.6. The predicted octanol–water partition coefficient (Wildman–Crippen LogP) is 6.94. The molecule has 1 aliphatic heterocycles. The zero-order valence-corrected chi connectivity index (χ0v) is 26.8. The second kappa shape index (κ2) is 13.0. The van der Waals surface area contributed by atoms with E-state index in [0.717, 1.165) is 39.4 Å². The van der Waals surface area contributed by atoms with Crippen molar-refractivity contribution in [2.24, 2.45) is 0 Å². The van der Waals surface area contributed by atoms with Crippen molar-refractivity contribution in [1.82, 2.24) is 14.8 Å². The van der Waals surface area contributed by atoms with Gasteiger partial charge in [0.05, 0.1) is 7.11 Å². The normalized spacial score (nSPS) is 17.5. The van der Waals surface area contributed by atoms with Gasteiger partial charge in [0.2, 0.25) is 5.88 Å². The zero-order valence-electron chi connectivity index (χ0n) is 26.8. The molecule has 1 amide bonds. The molecule has 4 aromatic rings. The molecule has 0 aliphatic carbocycles. The van der Waals surface area contributed by atoms with E-state index in [9.17, 15) is 9.90 Å². The summed E-state index contributed by atoms with van der Waals surface area (Å²) in [5, 5.41) is 15.3. The second-order valence-corrected chi connectivity index (χ2v) is 13.1. The third-order valence-corrected chi connectivity index (χ3v) is 8.52. The van der Waals surface area contributed by atoms with E-state index in [-0.39, 0.29) is 12.0 Å². The van der Waals surface area contributed by atoms with Crippen molar-refractivity contribution in [2.75, 3.05) is 40.8 Å². The van der Waals surface area contributed by atoms with Crippen molar-refractivity contribution in [2.45, 2.75) is 56.7 Å². The first-order chi connectivity index (χ1) is 21.0.